The van der Waals surface area contributed by atoms with Crippen molar-refractivity contribution >= 4 is 10.9 Å². The number of aromatic amines is 1. The van der Waals surface area contributed by atoms with Gasteiger partial charge in [0.2, 0.25) is 0 Å². The second-order valence-electron chi connectivity index (χ2n) is 7.01. The third-order valence-electron chi connectivity index (χ3n) is 4.82. The molecule has 3 N–H and O–H groups in total. The Bertz CT molecular complexity index is 1020. The second kappa shape index (κ2) is 9.96. The number of unbranched alkanes of at least 4 members (excludes halogenated alkanes) is 1. The van der Waals surface area contributed by atoms with Crippen LogP contribution in [0.3, 0.4) is 0 Å². The van der Waals surface area contributed by atoms with Gasteiger partial charge in [-0.25, -0.2) is 0 Å². The molecule has 0 spiro atoms. The van der Waals surface area contributed by atoms with Crippen LogP contribution in [0.2, 0.25) is 0 Å². The van der Waals surface area contributed by atoms with Gasteiger partial charge in [-0.1, -0.05) is 0 Å². The average molecular weight is 436 g/mol. The summed E-state index contributed by atoms with van der Waals surface area (Å²) in [5, 5.41) is 0.695. The number of aryl methyl sites for hydroxylation is 1. The molecular formula is C23H27F3N2O3. The summed E-state index contributed by atoms with van der Waals surface area (Å²) in [4.78, 5) is 3.35. The van der Waals surface area contributed by atoms with Crippen molar-refractivity contribution in [3.05, 3.63) is 42.0 Å². The van der Waals surface area contributed by atoms with Crippen LogP contribution in [-0.4, -0.2) is 31.1 Å². The highest BCUT2D eigenvalue weighted by molar-refractivity contribution is 5.92. The van der Waals surface area contributed by atoms with Gasteiger partial charge in [0.25, 0.3) is 0 Å². The van der Waals surface area contributed by atoms with Crippen LogP contribution in [-0.2, 0) is 6.42 Å². The smallest absolute Gasteiger partial charge is 0.490 e. The van der Waals surface area contributed by atoms with Crippen molar-refractivity contribution in [1.29, 1.82) is 0 Å². The Kier molecular flexibility index (Phi) is 7.33. The van der Waals surface area contributed by atoms with E-state index in [1.54, 1.807) is 6.07 Å². The summed E-state index contributed by atoms with van der Waals surface area (Å²) in [6.07, 6.45) is -2.44. The Morgan fingerprint density at radius 1 is 0.935 bits per heavy atom. The summed E-state index contributed by atoms with van der Waals surface area (Å²) in [6, 6.07) is 9.99. The fourth-order valence-corrected chi connectivity index (χ4v) is 3.58. The first-order chi connectivity index (χ1) is 14.9. The molecule has 5 nitrogen and oxygen atoms in total. The summed E-state index contributed by atoms with van der Waals surface area (Å²) < 4.78 is 53.6. The third kappa shape index (κ3) is 5.64. The standard InChI is InChI=1S/C23H27F3N2O3/c1-3-29-20-11-8-15(13-21(20)30-4-2)22-17(7-5-6-12-27)18-14-16(31-23(24,25)26)9-10-19(18)28-22/h8-11,13-14,28H,3-7,12,27H2,1-2H3. The molecule has 0 aliphatic heterocycles. The van der Waals surface area contributed by atoms with E-state index < -0.39 is 6.36 Å². The van der Waals surface area contributed by atoms with Crippen LogP contribution in [0, 0.1) is 0 Å². The van der Waals surface area contributed by atoms with E-state index in [0.29, 0.717) is 43.1 Å². The molecule has 31 heavy (non-hydrogen) atoms. The average Bonchev–Trinajstić information content (AvgIpc) is 3.07. The highest BCUT2D eigenvalue weighted by Crippen LogP contribution is 2.38. The largest absolute Gasteiger partial charge is 0.573 e. The van der Waals surface area contributed by atoms with Gasteiger partial charge in [0.05, 0.1) is 13.2 Å². The zero-order valence-corrected chi connectivity index (χ0v) is 17.6. The van der Waals surface area contributed by atoms with Crippen molar-refractivity contribution in [2.45, 2.75) is 39.5 Å². The molecule has 0 saturated carbocycles. The van der Waals surface area contributed by atoms with E-state index in [1.807, 2.05) is 32.0 Å². The normalized spacial score (nSPS) is 11.7. The fourth-order valence-electron chi connectivity index (χ4n) is 3.58. The van der Waals surface area contributed by atoms with E-state index in [4.69, 9.17) is 15.2 Å². The van der Waals surface area contributed by atoms with E-state index in [1.165, 1.54) is 12.1 Å². The fraction of sp³-hybridized carbons (Fsp3) is 0.391. The zero-order chi connectivity index (χ0) is 22.4. The number of hydrogen-bond acceptors (Lipinski definition) is 4. The molecule has 168 valence electrons. The number of benzene rings is 2. The number of nitrogens with two attached hydrogens (primary N) is 1. The van der Waals surface area contributed by atoms with Crippen molar-refractivity contribution in [3.8, 4) is 28.5 Å². The molecule has 0 saturated heterocycles. The van der Waals surface area contributed by atoms with Crippen LogP contribution in [0.1, 0.15) is 32.3 Å². The molecule has 0 fully saturated rings. The van der Waals surface area contributed by atoms with Crippen LogP contribution in [0.4, 0.5) is 13.2 Å². The molecule has 0 unspecified atom stereocenters. The number of nitrogens with one attached hydrogen (secondary N) is 1. The van der Waals surface area contributed by atoms with Gasteiger partial charge in [0.15, 0.2) is 11.5 Å². The van der Waals surface area contributed by atoms with Gasteiger partial charge in [-0.2, -0.15) is 0 Å². The van der Waals surface area contributed by atoms with E-state index in [2.05, 4.69) is 9.72 Å². The first kappa shape index (κ1) is 22.8. The topological polar surface area (TPSA) is 69.5 Å². The molecule has 1 aromatic heterocycles. The SMILES string of the molecule is CCOc1ccc(-c2[nH]c3ccc(OC(F)(F)F)cc3c2CCCCN)cc1OCC. The number of ether oxygens (including phenoxy) is 3. The lowest BCUT2D eigenvalue weighted by atomic mass is 10.00. The van der Waals surface area contributed by atoms with Gasteiger partial charge >= 0.3 is 6.36 Å². The van der Waals surface area contributed by atoms with Crippen molar-refractivity contribution in [2.75, 3.05) is 19.8 Å². The summed E-state index contributed by atoms with van der Waals surface area (Å²) in [6.45, 7) is 5.34. The van der Waals surface area contributed by atoms with Crippen molar-refractivity contribution in [3.63, 3.8) is 0 Å². The maximum Gasteiger partial charge on any atom is 0.573 e. The summed E-state index contributed by atoms with van der Waals surface area (Å²) in [5.74, 6) is 1.02. The van der Waals surface area contributed by atoms with E-state index >= 15 is 0 Å². The number of hydrogen-bond donors (Lipinski definition) is 2. The Labute approximate surface area is 179 Å². The molecule has 0 atom stereocenters. The molecule has 3 rings (SSSR count). The van der Waals surface area contributed by atoms with Gasteiger partial charge in [0, 0.05) is 22.2 Å². The monoisotopic (exact) mass is 436 g/mol. The van der Waals surface area contributed by atoms with Crippen molar-refractivity contribution in [1.82, 2.24) is 4.98 Å². The minimum absolute atomic E-state index is 0.243. The summed E-state index contributed by atoms with van der Waals surface area (Å²) in [7, 11) is 0. The first-order valence-electron chi connectivity index (χ1n) is 10.4. The van der Waals surface area contributed by atoms with E-state index in [0.717, 1.165) is 35.2 Å². The molecule has 3 aromatic rings. The zero-order valence-electron chi connectivity index (χ0n) is 17.6. The highest BCUT2D eigenvalue weighted by Gasteiger charge is 2.31. The lowest BCUT2D eigenvalue weighted by Crippen LogP contribution is -2.16. The predicted molar refractivity (Wildman–Crippen MR) is 115 cm³/mol. The van der Waals surface area contributed by atoms with Gasteiger partial charge in [-0.05, 0) is 81.6 Å². The van der Waals surface area contributed by atoms with Crippen LogP contribution in [0.25, 0.3) is 22.2 Å². The number of aromatic nitrogens is 1. The van der Waals surface area contributed by atoms with Crippen LogP contribution < -0.4 is 19.9 Å². The van der Waals surface area contributed by atoms with Gasteiger partial charge in [-0.3, -0.25) is 0 Å². The summed E-state index contributed by atoms with van der Waals surface area (Å²) >= 11 is 0. The van der Waals surface area contributed by atoms with Gasteiger partial charge in [0.1, 0.15) is 5.75 Å². The molecule has 1 heterocycles. The van der Waals surface area contributed by atoms with Gasteiger partial charge in [-0.15, -0.1) is 13.2 Å². The first-order valence-corrected chi connectivity index (χ1v) is 10.4. The molecule has 0 amide bonds. The van der Waals surface area contributed by atoms with Crippen molar-refractivity contribution < 1.29 is 27.4 Å². The predicted octanol–water partition coefficient (Wildman–Crippen LogP) is 5.81. The van der Waals surface area contributed by atoms with Crippen LogP contribution in [0.15, 0.2) is 36.4 Å². The van der Waals surface area contributed by atoms with E-state index in [9.17, 15) is 13.2 Å². The number of H-pyrrole nitrogens is 1. The highest BCUT2D eigenvalue weighted by atomic mass is 19.4. The summed E-state index contributed by atoms with van der Waals surface area (Å²) in [5.41, 5.74) is 8.99. The molecule has 0 bridgehead atoms. The van der Waals surface area contributed by atoms with Crippen molar-refractivity contribution in [2.24, 2.45) is 5.73 Å². The van der Waals surface area contributed by atoms with Crippen LogP contribution >= 0.6 is 0 Å². The minimum Gasteiger partial charge on any atom is -0.490 e. The number of fused-ring (bicyclic) bond motifs is 1. The molecule has 0 radical (unpaired) electrons. The number of alkyl halides is 3. The van der Waals surface area contributed by atoms with E-state index in [-0.39, 0.29) is 5.75 Å². The lowest BCUT2D eigenvalue weighted by Gasteiger charge is -2.13. The quantitative estimate of drug-likeness (QED) is 0.394. The Morgan fingerprint density at radius 2 is 1.68 bits per heavy atom. The second-order valence-corrected chi connectivity index (χ2v) is 7.01. The Morgan fingerprint density at radius 3 is 2.35 bits per heavy atom. The minimum atomic E-state index is -4.74. The number of halogens is 3. The van der Waals surface area contributed by atoms with Gasteiger partial charge < -0.3 is 24.9 Å². The molecule has 8 heteroatoms. The molecule has 0 aliphatic rings. The maximum atomic E-state index is 12.7. The molecule has 2 aromatic carbocycles. The Hall–Kier alpha value is -2.87. The van der Waals surface area contributed by atoms with Crippen LogP contribution in [0.5, 0.6) is 17.2 Å². The maximum absolute atomic E-state index is 12.7. The number of rotatable bonds is 10. The molecule has 0 aliphatic carbocycles. The third-order valence-corrected chi connectivity index (χ3v) is 4.82. The Balaban J connectivity index is 2.09. The lowest BCUT2D eigenvalue weighted by molar-refractivity contribution is -0.274. The molecular weight excluding hydrogens is 409 g/mol.